The largest absolute Gasteiger partial charge is 0.494 e. The van der Waals surface area contributed by atoms with Gasteiger partial charge in [-0.15, -0.1) is 5.10 Å². The average Bonchev–Trinajstić information content (AvgIpc) is 3.28. The number of tetrazole rings is 1. The van der Waals surface area contributed by atoms with Gasteiger partial charge >= 0.3 is 0 Å². The quantitative estimate of drug-likeness (QED) is 0.592. The number of rotatable bonds is 6. The summed E-state index contributed by atoms with van der Waals surface area (Å²) in [6.45, 7) is 2.45. The van der Waals surface area contributed by atoms with Gasteiger partial charge in [0.1, 0.15) is 11.0 Å². The molecule has 142 valence electrons. The maximum Gasteiger partial charge on any atom is 0.247 e. The number of amides is 2. The second-order valence-electron chi connectivity index (χ2n) is 6.01. The molecule has 2 heterocycles. The summed E-state index contributed by atoms with van der Waals surface area (Å²) in [5.41, 5.74) is 1.32. The number of carbonyl (C=O) groups is 2. The topological polar surface area (TPSA) is 90.2 Å². The lowest BCUT2D eigenvalue weighted by atomic mass is 10.3. The molecular formula is C19H17N5O3S. The molecule has 0 spiro atoms. The maximum absolute atomic E-state index is 12.9. The van der Waals surface area contributed by atoms with E-state index in [0.29, 0.717) is 23.2 Å². The molecular weight excluding hydrogens is 378 g/mol. The summed E-state index contributed by atoms with van der Waals surface area (Å²) in [5.74, 6) is 0.172. The van der Waals surface area contributed by atoms with Crippen LogP contribution in [-0.4, -0.2) is 43.9 Å². The third kappa shape index (κ3) is 3.48. The molecule has 8 nitrogen and oxygen atoms in total. The fourth-order valence-electron chi connectivity index (χ4n) is 2.94. The minimum absolute atomic E-state index is 0.0956. The van der Waals surface area contributed by atoms with E-state index >= 15 is 0 Å². The molecule has 0 saturated carbocycles. The van der Waals surface area contributed by atoms with E-state index in [-0.39, 0.29) is 18.2 Å². The average molecular weight is 395 g/mol. The fraction of sp³-hybridized carbons (Fsp3) is 0.211. The lowest BCUT2D eigenvalue weighted by Gasteiger charge is -2.15. The molecule has 1 atom stereocenters. The van der Waals surface area contributed by atoms with Crippen molar-refractivity contribution in [3.63, 3.8) is 0 Å². The van der Waals surface area contributed by atoms with Gasteiger partial charge in [-0.1, -0.05) is 30.0 Å². The van der Waals surface area contributed by atoms with Crippen molar-refractivity contribution >= 4 is 29.3 Å². The molecule has 4 rings (SSSR count). The third-order valence-electron chi connectivity index (χ3n) is 4.20. The summed E-state index contributed by atoms with van der Waals surface area (Å²) in [5, 5.41) is 11.6. The van der Waals surface area contributed by atoms with Crippen LogP contribution in [0.5, 0.6) is 5.75 Å². The molecule has 2 aromatic carbocycles. The van der Waals surface area contributed by atoms with Crippen LogP contribution < -0.4 is 9.64 Å². The molecule has 28 heavy (non-hydrogen) atoms. The normalized spacial score (nSPS) is 16.6. The minimum atomic E-state index is -0.576. The van der Waals surface area contributed by atoms with Gasteiger partial charge in [0.05, 0.1) is 18.0 Å². The van der Waals surface area contributed by atoms with Crippen LogP contribution in [0.1, 0.15) is 13.3 Å². The number of nitrogens with zero attached hydrogens (tertiary/aromatic N) is 5. The predicted octanol–water partition coefficient (Wildman–Crippen LogP) is 2.49. The van der Waals surface area contributed by atoms with Crippen molar-refractivity contribution < 1.29 is 14.3 Å². The van der Waals surface area contributed by atoms with E-state index in [9.17, 15) is 9.59 Å². The van der Waals surface area contributed by atoms with Crippen molar-refractivity contribution in [1.29, 1.82) is 0 Å². The summed E-state index contributed by atoms with van der Waals surface area (Å²) >= 11 is 1.19. The first-order chi connectivity index (χ1) is 13.7. The number of hydrogen-bond acceptors (Lipinski definition) is 7. The van der Waals surface area contributed by atoms with Gasteiger partial charge in [-0.2, -0.15) is 4.68 Å². The Kier molecular flexibility index (Phi) is 5.07. The van der Waals surface area contributed by atoms with Crippen LogP contribution in [0.3, 0.4) is 0 Å². The van der Waals surface area contributed by atoms with Gasteiger partial charge in [-0.25, -0.2) is 4.90 Å². The van der Waals surface area contributed by atoms with Crippen molar-refractivity contribution in [3.8, 4) is 11.4 Å². The SMILES string of the molecule is CCOc1ccc(N2C(=O)C[C@H](Sc3nnnn3-c3ccccc3)C2=O)cc1. The Hall–Kier alpha value is -3.20. The predicted molar refractivity (Wildman–Crippen MR) is 104 cm³/mol. The monoisotopic (exact) mass is 395 g/mol. The van der Waals surface area contributed by atoms with Crippen molar-refractivity contribution in [2.24, 2.45) is 0 Å². The fourth-order valence-corrected chi connectivity index (χ4v) is 3.95. The zero-order chi connectivity index (χ0) is 19.5. The lowest BCUT2D eigenvalue weighted by molar-refractivity contribution is -0.121. The van der Waals surface area contributed by atoms with Gasteiger partial charge in [0.15, 0.2) is 0 Å². The van der Waals surface area contributed by atoms with Crippen LogP contribution in [0.2, 0.25) is 0 Å². The van der Waals surface area contributed by atoms with Crippen LogP contribution in [0.4, 0.5) is 5.69 Å². The van der Waals surface area contributed by atoms with E-state index < -0.39 is 5.25 Å². The first kappa shape index (κ1) is 18.2. The Morgan fingerprint density at radius 3 is 2.54 bits per heavy atom. The number of thioether (sulfide) groups is 1. The van der Waals surface area contributed by atoms with Crippen molar-refractivity contribution in [3.05, 3.63) is 54.6 Å². The molecule has 1 aromatic heterocycles. The number of anilines is 1. The zero-order valence-corrected chi connectivity index (χ0v) is 15.9. The van der Waals surface area contributed by atoms with Gasteiger partial charge in [0.2, 0.25) is 17.0 Å². The van der Waals surface area contributed by atoms with Crippen molar-refractivity contribution in [2.75, 3.05) is 11.5 Å². The minimum Gasteiger partial charge on any atom is -0.494 e. The Balaban J connectivity index is 1.53. The molecule has 2 amide bonds. The number of ether oxygens (including phenoxy) is 1. The van der Waals surface area contributed by atoms with Crippen LogP contribution >= 0.6 is 11.8 Å². The number of benzene rings is 2. The summed E-state index contributed by atoms with van der Waals surface area (Å²) in [6.07, 6.45) is 0.0956. The standard InChI is InChI=1S/C19H17N5O3S/c1-2-27-15-10-8-13(9-11-15)23-17(25)12-16(18(23)26)28-19-20-21-22-24(19)14-6-4-3-5-7-14/h3-11,16H,2,12H2,1H3/t16-/m0/s1. The van der Waals surface area contributed by atoms with E-state index in [0.717, 1.165) is 5.69 Å². The summed E-state index contributed by atoms with van der Waals surface area (Å²) < 4.78 is 6.96. The Morgan fingerprint density at radius 2 is 1.82 bits per heavy atom. The van der Waals surface area contributed by atoms with Crippen molar-refractivity contribution in [2.45, 2.75) is 23.8 Å². The van der Waals surface area contributed by atoms with E-state index in [4.69, 9.17) is 4.74 Å². The molecule has 0 aliphatic carbocycles. The summed E-state index contributed by atoms with van der Waals surface area (Å²) in [6, 6.07) is 16.3. The maximum atomic E-state index is 12.9. The zero-order valence-electron chi connectivity index (χ0n) is 15.1. The summed E-state index contributed by atoms with van der Waals surface area (Å²) in [7, 11) is 0. The lowest BCUT2D eigenvalue weighted by Crippen LogP contribution is -2.31. The first-order valence-corrected chi connectivity index (χ1v) is 9.65. The molecule has 1 aliphatic rings. The van der Waals surface area contributed by atoms with Crippen LogP contribution in [-0.2, 0) is 9.59 Å². The Bertz CT molecular complexity index is 990. The summed E-state index contributed by atoms with van der Waals surface area (Å²) in [4.78, 5) is 26.6. The molecule has 3 aromatic rings. The number of hydrogen-bond donors (Lipinski definition) is 0. The number of imide groups is 1. The van der Waals surface area contributed by atoms with E-state index in [1.54, 1.807) is 28.9 Å². The first-order valence-electron chi connectivity index (χ1n) is 8.77. The highest BCUT2D eigenvalue weighted by Gasteiger charge is 2.41. The molecule has 1 saturated heterocycles. The van der Waals surface area contributed by atoms with Gasteiger partial charge in [-0.05, 0) is 53.7 Å². The number of aromatic nitrogens is 4. The molecule has 1 aliphatic heterocycles. The van der Waals surface area contributed by atoms with E-state index in [1.165, 1.54) is 16.7 Å². The second-order valence-corrected chi connectivity index (χ2v) is 7.18. The Labute approximate surface area is 165 Å². The van der Waals surface area contributed by atoms with Gasteiger partial charge in [0, 0.05) is 6.42 Å². The van der Waals surface area contributed by atoms with Gasteiger partial charge < -0.3 is 4.74 Å². The molecule has 9 heteroatoms. The van der Waals surface area contributed by atoms with Gasteiger partial charge in [-0.3, -0.25) is 9.59 Å². The van der Waals surface area contributed by atoms with Crippen LogP contribution in [0.25, 0.3) is 5.69 Å². The molecule has 0 unspecified atom stereocenters. The highest BCUT2D eigenvalue weighted by molar-refractivity contribution is 8.00. The highest BCUT2D eigenvalue weighted by atomic mass is 32.2. The molecule has 1 fully saturated rings. The second kappa shape index (κ2) is 7.81. The molecule has 0 bridgehead atoms. The van der Waals surface area contributed by atoms with E-state index in [1.807, 2.05) is 37.3 Å². The van der Waals surface area contributed by atoms with Crippen molar-refractivity contribution in [1.82, 2.24) is 20.2 Å². The molecule has 0 N–H and O–H groups in total. The number of para-hydroxylation sites is 1. The number of carbonyl (C=O) groups excluding carboxylic acids is 2. The third-order valence-corrected chi connectivity index (χ3v) is 5.32. The van der Waals surface area contributed by atoms with E-state index in [2.05, 4.69) is 15.5 Å². The van der Waals surface area contributed by atoms with Crippen LogP contribution in [0.15, 0.2) is 59.8 Å². The Morgan fingerprint density at radius 1 is 1.07 bits per heavy atom. The molecule has 0 radical (unpaired) electrons. The highest BCUT2D eigenvalue weighted by Crippen LogP contribution is 2.34. The van der Waals surface area contributed by atoms with Gasteiger partial charge in [0.25, 0.3) is 0 Å². The van der Waals surface area contributed by atoms with Crippen LogP contribution in [0, 0.1) is 0 Å². The smallest absolute Gasteiger partial charge is 0.247 e.